The fourth-order valence-corrected chi connectivity index (χ4v) is 2.91. The van der Waals surface area contributed by atoms with Gasteiger partial charge in [0.25, 0.3) is 6.98 Å². The van der Waals surface area contributed by atoms with E-state index in [9.17, 15) is 0 Å². The summed E-state index contributed by atoms with van der Waals surface area (Å²) >= 11 is 4.63. The maximum atomic E-state index is 4.63. The standard InChI is InChI=1S/C15H33B2N5S/c1-7-8-9-10-13-21(16(4)18-6)17(5)20-14-11-12-19-22(14)15(2,3)23/h11-12,18,20,23H,7-10,13H2,1-6H3. The van der Waals surface area contributed by atoms with Crippen molar-refractivity contribution in [2.75, 3.05) is 18.8 Å². The third-order valence-electron chi connectivity index (χ3n) is 4.20. The van der Waals surface area contributed by atoms with Gasteiger partial charge in [-0.05, 0) is 39.9 Å². The number of hydrogen-bond donors (Lipinski definition) is 3. The van der Waals surface area contributed by atoms with E-state index in [4.69, 9.17) is 0 Å². The van der Waals surface area contributed by atoms with Gasteiger partial charge in [0, 0.05) is 0 Å². The fourth-order valence-electron chi connectivity index (χ4n) is 2.76. The van der Waals surface area contributed by atoms with E-state index in [1.54, 1.807) is 0 Å². The van der Waals surface area contributed by atoms with Crippen LogP contribution in [0.3, 0.4) is 0 Å². The number of thiol groups is 1. The van der Waals surface area contributed by atoms with Crippen molar-refractivity contribution in [3.63, 3.8) is 0 Å². The Labute approximate surface area is 148 Å². The summed E-state index contributed by atoms with van der Waals surface area (Å²) in [6.45, 7) is 12.3. The third-order valence-corrected chi connectivity index (χ3v) is 4.39. The molecular formula is C15H33B2N5S. The van der Waals surface area contributed by atoms with Gasteiger partial charge in [0.2, 0.25) is 0 Å². The minimum atomic E-state index is -0.327. The zero-order valence-corrected chi connectivity index (χ0v) is 16.5. The topological polar surface area (TPSA) is 45.1 Å². The van der Waals surface area contributed by atoms with Gasteiger partial charge in [-0.15, -0.1) is 12.6 Å². The van der Waals surface area contributed by atoms with Crippen molar-refractivity contribution in [3.05, 3.63) is 12.3 Å². The summed E-state index contributed by atoms with van der Waals surface area (Å²) in [7, 11) is 2.01. The molecule has 0 aliphatic carbocycles. The summed E-state index contributed by atoms with van der Waals surface area (Å²) in [6.07, 6.45) is 6.91. The Hall–Kier alpha value is -0.590. The average molecular weight is 337 g/mol. The Bertz CT molecular complexity index is 449. The molecule has 0 bridgehead atoms. The Morgan fingerprint density at radius 1 is 1.26 bits per heavy atom. The van der Waals surface area contributed by atoms with Gasteiger partial charge in [-0.1, -0.05) is 39.8 Å². The van der Waals surface area contributed by atoms with E-state index in [-0.39, 0.29) is 11.9 Å². The Morgan fingerprint density at radius 2 is 1.96 bits per heavy atom. The Balaban J connectivity index is 2.73. The number of hydrogen-bond acceptors (Lipinski definition) is 5. The van der Waals surface area contributed by atoms with Gasteiger partial charge in [-0.2, -0.15) is 5.10 Å². The first-order chi connectivity index (χ1) is 10.8. The molecule has 23 heavy (non-hydrogen) atoms. The number of aromatic nitrogens is 2. The molecule has 1 heterocycles. The maximum absolute atomic E-state index is 4.63. The SMILES string of the molecule is CCCCCCN(B(C)NC)B(C)Nc1ccnn1C(C)(C)S. The lowest BCUT2D eigenvalue weighted by atomic mass is 9.62. The highest BCUT2D eigenvalue weighted by molar-refractivity contribution is 7.81. The Kier molecular flexibility index (Phi) is 8.58. The normalized spacial score (nSPS) is 11.8. The van der Waals surface area contributed by atoms with Gasteiger partial charge in [0.15, 0.2) is 0 Å². The summed E-state index contributed by atoms with van der Waals surface area (Å²) in [5.41, 5.74) is 0. The molecule has 0 aromatic carbocycles. The molecule has 0 aliphatic rings. The molecule has 130 valence electrons. The second kappa shape index (κ2) is 9.64. The molecule has 2 N–H and O–H groups in total. The molecule has 1 rings (SSSR count). The molecule has 0 spiro atoms. The minimum Gasteiger partial charge on any atom is -0.400 e. The molecule has 0 aliphatic heterocycles. The predicted octanol–water partition coefficient (Wildman–Crippen LogP) is 3.26. The van der Waals surface area contributed by atoms with E-state index in [1.165, 1.54) is 25.7 Å². The van der Waals surface area contributed by atoms with Crippen molar-refractivity contribution in [2.45, 2.75) is 65.0 Å². The lowest BCUT2D eigenvalue weighted by Gasteiger charge is -2.32. The number of nitrogens with zero attached hydrogens (tertiary/aromatic N) is 3. The fraction of sp³-hybridized carbons (Fsp3) is 0.800. The van der Waals surface area contributed by atoms with E-state index < -0.39 is 0 Å². The van der Waals surface area contributed by atoms with Gasteiger partial charge in [-0.3, -0.25) is 0 Å². The van der Waals surface area contributed by atoms with Crippen LogP contribution in [-0.2, 0) is 4.87 Å². The smallest absolute Gasteiger partial charge is 0.327 e. The molecule has 0 atom stereocenters. The average Bonchev–Trinajstić information content (AvgIpc) is 2.94. The highest BCUT2D eigenvalue weighted by atomic mass is 32.1. The van der Waals surface area contributed by atoms with Crippen LogP contribution >= 0.6 is 12.6 Å². The summed E-state index contributed by atoms with van der Waals surface area (Å²) in [4.78, 5) is -0.327. The zero-order chi connectivity index (χ0) is 17.5. The van der Waals surface area contributed by atoms with Crippen LogP contribution in [0.25, 0.3) is 0 Å². The molecule has 0 saturated carbocycles. The summed E-state index contributed by atoms with van der Waals surface area (Å²) in [5.74, 6) is 0.999. The van der Waals surface area contributed by atoms with Gasteiger partial charge < -0.3 is 15.2 Å². The van der Waals surface area contributed by atoms with Gasteiger partial charge in [-0.25, -0.2) is 4.68 Å². The second-order valence-electron chi connectivity index (χ2n) is 6.71. The van der Waals surface area contributed by atoms with Gasteiger partial charge in [0.1, 0.15) is 10.7 Å². The Morgan fingerprint density at radius 3 is 2.52 bits per heavy atom. The molecule has 1 aromatic heterocycles. The van der Waals surface area contributed by atoms with E-state index in [0.717, 1.165) is 12.4 Å². The van der Waals surface area contributed by atoms with Crippen LogP contribution in [0.4, 0.5) is 5.82 Å². The number of rotatable bonds is 11. The van der Waals surface area contributed by atoms with E-state index in [0.29, 0.717) is 6.98 Å². The summed E-state index contributed by atoms with van der Waals surface area (Å²) in [5, 5.41) is 11.3. The first-order valence-electron chi connectivity index (χ1n) is 8.77. The van der Waals surface area contributed by atoms with Crippen LogP contribution in [0.15, 0.2) is 12.3 Å². The van der Waals surface area contributed by atoms with Crippen LogP contribution in [0, 0.1) is 0 Å². The molecule has 1 aromatic rings. The number of nitrogens with one attached hydrogen (secondary N) is 2. The van der Waals surface area contributed by atoms with Crippen LogP contribution in [0.1, 0.15) is 46.5 Å². The lowest BCUT2D eigenvalue weighted by Crippen LogP contribution is -2.56. The molecule has 0 fully saturated rings. The largest absolute Gasteiger partial charge is 0.400 e. The highest BCUT2D eigenvalue weighted by Crippen LogP contribution is 2.24. The van der Waals surface area contributed by atoms with Crippen LogP contribution in [0.2, 0.25) is 13.6 Å². The maximum Gasteiger partial charge on any atom is 0.327 e. The molecule has 0 saturated heterocycles. The van der Waals surface area contributed by atoms with Crippen LogP contribution < -0.4 is 10.5 Å². The summed E-state index contributed by atoms with van der Waals surface area (Å²) < 4.78 is 4.38. The first kappa shape index (κ1) is 20.5. The van der Waals surface area contributed by atoms with Crippen LogP contribution in [-0.4, -0.2) is 42.1 Å². The monoisotopic (exact) mass is 337 g/mol. The lowest BCUT2D eigenvalue weighted by molar-refractivity contribution is 0.489. The van der Waals surface area contributed by atoms with Crippen molar-refractivity contribution in [1.29, 1.82) is 0 Å². The molecule has 8 heteroatoms. The third kappa shape index (κ3) is 6.43. The summed E-state index contributed by atoms with van der Waals surface area (Å²) in [6, 6.07) is 2.01. The molecule has 0 amide bonds. The van der Waals surface area contributed by atoms with Crippen molar-refractivity contribution in [1.82, 2.24) is 19.7 Å². The van der Waals surface area contributed by atoms with E-state index in [1.807, 2.05) is 37.8 Å². The number of unbranched alkanes of at least 4 members (excludes halogenated alkanes) is 3. The van der Waals surface area contributed by atoms with Crippen molar-refractivity contribution in [3.8, 4) is 0 Å². The second-order valence-corrected chi connectivity index (χ2v) is 7.80. The van der Waals surface area contributed by atoms with Gasteiger partial charge >= 0.3 is 6.98 Å². The number of anilines is 1. The van der Waals surface area contributed by atoms with Crippen molar-refractivity contribution in [2.24, 2.45) is 0 Å². The van der Waals surface area contributed by atoms with Gasteiger partial charge in [0.05, 0.1) is 6.20 Å². The molecule has 0 unspecified atom stereocenters. The van der Waals surface area contributed by atoms with Crippen molar-refractivity contribution < 1.29 is 0 Å². The molecule has 5 nitrogen and oxygen atoms in total. The van der Waals surface area contributed by atoms with E-state index in [2.05, 4.69) is 53.5 Å². The predicted molar refractivity (Wildman–Crippen MR) is 107 cm³/mol. The quantitative estimate of drug-likeness (QED) is 0.330. The minimum absolute atomic E-state index is 0.213. The van der Waals surface area contributed by atoms with Crippen molar-refractivity contribution >= 4 is 32.4 Å². The molecule has 0 radical (unpaired) electrons. The van der Waals surface area contributed by atoms with E-state index >= 15 is 0 Å². The highest BCUT2D eigenvalue weighted by Gasteiger charge is 2.27. The first-order valence-corrected chi connectivity index (χ1v) is 9.22. The zero-order valence-electron chi connectivity index (χ0n) is 15.6. The molecular weight excluding hydrogens is 304 g/mol. The van der Waals surface area contributed by atoms with Crippen LogP contribution in [0.5, 0.6) is 0 Å².